The summed E-state index contributed by atoms with van der Waals surface area (Å²) in [5, 5.41) is 6.24. The first-order chi connectivity index (χ1) is 6.57. The van der Waals surface area contributed by atoms with Gasteiger partial charge in [-0.05, 0) is 13.3 Å². The minimum Gasteiger partial charge on any atom is -0.355 e. The minimum atomic E-state index is 0.0862. The molecule has 0 saturated heterocycles. The lowest BCUT2D eigenvalue weighted by Gasteiger charge is -2.13. The SMILES string of the molecule is CCCC(C)NCCNC(=O)C(C)C. The fourth-order valence-electron chi connectivity index (χ4n) is 1.24. The molecular weight excluding hydrogens is 176 g/mol. The highest BCUT2D eigenvalue weighted by Gasteiger charge is 2.05. The van der Waals surface area contributed by atoms with Gasteiger partial charge in [0.25, 0.3) is 0 Å². The van der Waals surface area contributed by atoms with Gasteiger partial charge in [0.05, 0.1) is 0 Å². The lowest BCUT2D eigenvalue weighted by atomic mass is 10.2. The standard InChI is InChI=1S/C11H24N2O/c1-5-6-10(4)12-7-8-13-11(14)9(2)3/h9-10,12H,5-8H2,1-4H3,(H,13,14). The fraction of sp³-hybridized carbons (Fsp3) is 0.909. The van der Waals surface area contributed by atoms with Crippen molar-refractivity contribution >= 4 is 5.91 Å². The molecule has 3 nitrogen and oxygen atoms in total. The molecule has 0 rings (SSSR count). The molecule has 2 N–H and O–H groups in total. The number of amides is 1. The number of carbonyl (C=O) groups excluding carboxylic acids is 1. The summed E-state index contributed by atoms with van der Waals surface area (Å²) in [5.41, 5.74) is 0. The van der Waals surface area contributed by atoms with Crippen molar-refractivity contribution in [2.45, 2.75) is 46.6 Å². The third-order valence-electron chi connectivity index (χ3n) is 2.16. The summed E-state index contributed by atoms with van der Waals surface area (Å²) < 4.78 is 0. The summed E-state index contributed by atoms with van der Waals surface area (Å²) in [4.78, 5) is 11.2. The largest absolute Gasteiger partial charge is 0.355 e. The second-order valence-corrected chi connectivity index (χ2v) is 4.09. The maximum atomic E-state index is 11.2. The molecule has 3 heteroatoms. The quantitative estimate of drug-likeness (QED) is 0.612. The zero-order chi connectivity index (χ0) is 11.0. The molecule has 0 aliphatic heterocycles. The van der Waals surface area contributed by atoms with E-state index in [4.69, 9.17) is 0 Å². The van der Waals surface area contributed by atoms with E-state index in [1.807, 2.05) is 13.8 Å². The molecule has 0 aliphatic carbocycles. The van der Waals surface area contributed by atoms with E-state index in [9.17, 15) is 4.79 Å². The van der Waals surface area contributed by atoms with Gasteiger partial charge in [0.15, 0.2) is 0 Å². The van der Waals surface area contributed by atoms with E-state index >= 15 is 0 Å². The van der Waals surface area contributed by atoms with Gasteiger partial charge < -0.3 is 10.6 Å². The molecule has 0 aromatic carbocycles. The van der Waals surface area contributed by atoms with Crippen LogP contribution in [0.25, 0.3) is 0 Å². The van der Waals surface area contributed by atoms with Crippen LogP contribution in [0.2, 0.25) is 0 Å². The Morgan fingerprint density at radius 2 is 1.86 bits per heavy atom. The molecule has 0 aromatic rings. The fourth-order valence-corrected chi connectivity index (χ4v) is 1.24. The van der Waals surface area contributed by atoms with E-state index < -0.39 is 0 Å². The van der Waals surface area contributed by atoms with Crippen LogP contribution in [-0.2, 0) is 4.79 Å². The van der Waals surface area contributed by atoms with Gasteiger partial charge in [0.2, 0.25) is 5.91 Å². The van der Waals surface area contributed by atoms with Crippen LogP contribution in [0.1, 0.15) is 40.5 Å². The van der Waals surface area contributed by atoms with Gasteiger partial charge in [-0.1, -0.05) is 27.2 Å². The average molecular weight is 200 g/mol. The molecule has 84 valence electrons. The summed E-state index contributed by atoms with van der Waals surface area (Å²) >= 11 is 0. The Kier molecular flexibility index (Phi) is 7.48. The third kappa shape index (κ3) is 6.89. The molecule has 0 aromatic heterocycles. The second kappa shape index (κ2) is 7.80. The van der Waals surface area contributed by atoms with Gasteiger partial charge in [-0.25, -0.2) is 0 Å². The van der Waals surface area contributed by atoms with E-state index in [1.54, 1.807) is 0 Å². The van der Waals surface area contributed by atoms with Crippen molar-refractivity contribution in [3.8, 4) is 0 Å². The van der Waals surface area contributed by atoms with Gasteiger partial charge >= 0.3 is 0 Å². The maximum Gasteiger partial charge on any atom is 0.222 e. The van der Waals surface area contributed by atoms with Crippen molar-refractivity contribution in [2.75, 3.05) is 13.1 Å². The first kappa shape index (κ1) is 13.4. The predicted octanol–water partition coefficient (Wildman–Crippen LogP) is 1.54. The molecule has 0 radical (unpaired) electrons. The summed E-state index contributed by atoms with van der Waals surface area (Å²) in [5.74, 6) is 0.220. The number of hydrogen-bond donors (Lipinski definition) is 2. The van der Waals surface area contributed by atoms with Crippen molar-refractivity contribution < 1.29 is 4.79 Å². The first-order valence-corrected chi connectivity index (χ1v) is 5.59. The lowest BCUT2D eigenvalue weighted by Crippen LogP contribution is -2.37. The highest BCUT2D eigenvalue weighted by Crippen LogP contribution is 1.93. The second-order valence-electron chi connectivity index (χ2n) is 4.09. The van der Waals surface area contributed by atoms with Crippen LogP contribution >= 0.6 is 0 Å². The Morgan fingerprint density at radius 3 is 2.36 bits per heavy atom. The van der Waals surface area contributed by atoms with Crippen LogP contribution < -0.4 is 10.6 Å². The van der Waals surface area contributed by atoms with Gasteiger partial charge in [0, 0.05) is 25.0 Å². The number of hydrogen-bond acceptors (Lipinski definition) is 2. The van der Waals surface area contributed by atoms with Crippen LogP contribution in [0.5, 0.6) is 0 Å². The Morgan fingerprint density at radius 1 is 1.21 bits per heavy atom. The summed E-state index contributed by atoms with van der Waals surface area (Å²) in [6, 6.07) is 0.552. The van der Waals surface area contributed by atoms with E-state index in [0.717, 1.165) is 13.1 Å². The van der Waals surface area contributed by atoms with E-state index in [1.165, 1.54) is 12.8 Å². The zero-order valence-corrected chi connectivity index (χ0v) is 9.89. The van der Waals surface area contributed by atoms with Gasteiger partial charge in [-0.3, -0.25) is 4.79 Å². The molecule has 14 heavy (non-hydrogen) atoms. The average Bonchev–Trinajstić information content (AvgIpc) is 2.12. The van der Waals surface area contributed by atoms with E-state index in [0.29, 0.717) is 6.04 Å². The molecule has 0 fully saturated rings. The predicted molar refractivity (Wildman–Crippen MR) is 60.2 cm³/mol. The highest BCUT2D eigenvalue weighted by atomic mass is 16.1. The van der Waals surface area contributed by atoms with Crippen LogP contribution in [0, 0.1) is 5.92 Å². The molecular formula is C11H24N2O. The van der Waals surface area contributed by atoms with Crippen LogP contribution in [0.4, 0.5) is 0 Å². The monoisotopic (exact) mass is 200 g/mol. The molecule has 0 heterocycles. The Hall–Kier alpha value is -0.570. The van der Waals surface area contributed by atoms with Crippen LogP contribution in [-0.4, -0.2) is 25.0 Å². The van der Waals surface area contributed by atoms with Crippen molar-refractivity contribution in [1.29, 1.82) is 0 Å². The number of carbonyl (C=O) groups is 1. The molecule has 0 bridgehead atoms. The van der Waals surface area contributed by atoms with Crippen molar-refractivity contribution in [3.63, 3.8) is 0 Å². The van der Waals surface area contributed by atoms with Crippen LogP contribution in [0.3, 0.4) is 0 Å². The zero-order valence-electron chi connectivity index (χ0n) is 9.89. The summed E-state index contributed by atoms with van der Waals surface area (Å²) in [6.45, 7) is 9.75. The normalized spacial score (nSPS) is 12.9. The Labute approximate surface area is 87.6 Å². The molecule has 0 saturated carbocycles. The summed E-state index contributed by atoms with van der Waals surface area (Å²) in [7, 11) is 0. The Balaban J connectivity index is 3.33. The molecule has 0 aliphatic rings. The van der Waals surface area contributed by atoms with Crippen molar-refractivity contribution in [2.24, 2.45) is 5.92 Å². The third-order valence-corrected chi connectivity index (χ3v) is 2.16. The van der Waals surface area contributed by atoms with Crippen molar-refractivity contribution in [1.82, 2.24) is 10.6 Å². The summed E-state index contributed by atoms with van der Waals surface area (Å²) in [6.07, 6.45) is 2.39. The van der Waals surface area contributed by atoms with Gasteiger partial charge in [-0.2, -0.15) is 0 Å². The van der Waals surface area contributed by atoms with E-state index in [2.05, 4.69) is 24.5 Å². The highest BCUT2D eigenvalue weighted by molar-refractivity contribution is 5.77. The first-order valence-electron chi connectivity index (χ1n) is 5.59. The number of rotatable bonds is 7. The molecule has 1 amide bonds. The van der Waals surface area contributed by atoms with E-state index in [-0.39, 0.29) is 11.8 Å². The van der Waals surface area contributed by atoms with Gasteiger partial charge in [0.1, 0.15) is 0 Å². The molecule has 1 unspecified atom stereocenters. The number of nitrogens with one attached hydrogen (secondary N) is 2. The maximum absolute atomic E-state index is 11.2. The van der Waals surface area contributed by atoms with Crippen LogP contribution in [0.15, 0.2) is 0 Å². The topological polar surface area (TPSA) is 41.1 Å². The lowest BCUT2D eigenvalue weighted by molar-refractivity contribution is -0.123. The molecule has 1 atom stereocenters. The smallest absolute Gasteiger partial charge is 0.222 e. The van der Waals surface area contributed by atoms with Crippen molar-refractivity contribution in [3.05, 3.63) is 0 Å². The molecule has 0 spiro atoms. The Bertz CT molecular complexity index is 157. The van der Waals surface area contributed by atoms with Gasteiger partial charge in [-0.15, -0.1) is 0 Å². The minimum absolute atomic E-state index is 0.0862.